The Kier molecular flexibility index (Phi) is 5.82. The minimum absolute atomic E-state index is 0.215. The van der Waals surface area contributed by atoms with E-state index in [1.165, 1.54) is 0 Å². The maximum absolute atomic E-state index is 12.3. The Morgan fingerprint density at radius 3 is 2.61 bits per heavy atom. The van der Waals surface area contributed by atoms with Gasteiger partial charge in [0.2, 0.25) is 0 Å². The van der Waals surface area contributed by atoms with Crippen molar-refractivity contribution in [3.63, 3.8) is 0 Å². The number of benzene rings is 1. The molecule has 0 saturated heterocycles. The second kappa shape index (κ2) is 6.90. The number of rotatable bonds is 6. The smallest absolute Gasteiger partial charge is 0.330 e. The summed E-state index contributed by atoms with van der Waals surface area (Å²) in [5.74, 6) is -0.215. The molecule has 1 aromatic rings. The highest BCUT2D eigenvalue weighted by atomic mass is 79.9. The molecule has 0 saturated carbocycles. The molecule has 0 aliphatic rings. The second-order valence-corrected chi connectivity index (χ2v) is 4.94. The van der Waals surface area contributed by atoms with Crippen LogP contribution in [0, 0.1) is 0 Å². The minimum atomic E-state index is -0.755. The highest BCUT2D eigenvalue weighted by molar-refractivity contribution is 9.10. The van der Waals surface area contributed by atoms with E-state index in [-0.39, 0.29) is 5.97 Å². The molecule has 0 bridgehead atoms. The quantitative estimate of drug-likeness (QED) is 0.819. The van der Waals surface area contributed by atoms with E-state index >= 15 is 0 Å². The zero-order chi connectivity index (χ0) is 13.6. The van der Waals surface area contributed by atoms with Gasteiger partial charge in [-0.3, -0.25) is 5.32 Å². The lowest BCUT2D eigenvalue weighted by atomic mass is 9.87. The van der Waals surface area contributed by atoms with E-state index in [0.717, 1.165) is 10.0 Å². The average molecular weight is 314 g/mol. The van der Waals surface area contributed by atoms with E-state index in [1.807, 2.05) is 45.0 Å². The molecule has 0 heterocycles. The molecule has 0 radical (unpaired) electrons. The SMILES string of the molecule is CCNC(CC)(C(=O)OCC)c1cccc(Br)c1. The highest BCUT2D eigenvalue weighted by Gasteiger charge is 2.39. The number of carbonyl (C=O) groups is 1. The molecule has 0 aliphatic heterocycles. The molecule has 0 aromatic heterocycles. The van der Waals surface area contributed by atoms with Gasteiger partial charge in [-0.15, -0.1) is 0 Å². The van der Waals surface area contributed by atoms with Crippen LogP contribution in [-0.4, -0.2) is 19.1 Å². The molecule has 0 aliphatic carbocycles. The van der Waals surface area contributed by atoms with E-state index in [1.54, 1.807) is 0 Å². The van der Waals surface area contributed by atoms with Crippen LogP contribution in [0.3, 0.4) is 0 Å². The van der Waals surface area contributed by atoms with Gasteiger partial charge in [0.15, 0.2) is 0 Å². The molecule has 1 unspecified atom stereocenters. The molecular weight excluding hydrogens is 294 g/mol. The molecule has 3 nitrogen and oxygen atoms in total. The van der Waals surface area contributed by atoms with Crippen LogP contribution >= 0.6 is 15.9 Å². The van der Waals surface area contributed by atoms with E-state index in [4.69, 9.17) is 4.74 Å². The molecule has 100 valence electrons. The number of hydrogen-bond donors (Lipinski definition) is 1. The Balaban J connectivity index is 3.21. The first-order chi connectivity index (χ1) is 8.60. The largest absolute Gasteiger partial charge is 0.464 e. The minimum Gasteiger partial charge on any atom is -0.464 e. The van der Waals surface area contributed by atoms with Gasteiger partial charge in [0.25, 0.3) is 0 Å². The van der Waals surface area contributed by atoms with Crippen molar-refractivity contribution in [2.45, 2.75) is 32.7 Å². The van der Waals surface area contributed by atoms with Gasteiger partial charge in [0.05, 0.1) is 6.61 Å². The van der Waals surface area contributed by atoms with Crippen molar-refractivity contribution in [2.75, 3.05) is 13.2 Å². The number of nitrogens with one attached hydrogen (secondary N) is 1. The number of carbonyl (C=O) groups excluding carboxylic acids is 1. The molecule has 1 N–H and O–H groups in total. The van der Waals surface area contributed by atoms with E-state index in [9.17, 15) is 4.79 Å². The van der Waals surface area contributed by atoms with Crippen molar-refractivity contribution in [3.05, 3.63) is 34.3 Å². The number of ether oxygens (including phenoxy) is 1. The van der Waals surface area contributed by atoms with E-state index in [2.05, 4.69) is 21.2 Å². The standard InChI is InChI=1S/C14H20BrNO2/c1-4-14(16-5-2,13(17)18-6-3)11-8-7-9-12(15)10-11/h7-10,16H,4-6H2,1-3H3. The summed E-state index contributed by atoms with van der Waals surface area (Å²) in [6, 6.07) is 7.79. The average Bonchev–Trinajstić information content (AvgIpc) is 2.36. The van der Waals surface area contributed by atoms with Crippen molar-refractivity contribution in [3.8, 4) is 0 Å². The first-order valence-electron chi connectivity index (χ1n) is 6.29. The molecule has 0 amide bonds. The fraction of sp³-hybridized carbons (Fsp3) is 0.500. The zero-order valence-corrected chi connectivity index (χ0v) is 12.7. The second-order valence-electron chi connectivity index (χ2n) is 4.02. The van der Waals surface area contributed by atoms with Crippen LogP contribution in [0.5, 0.6) is 0 Å². The van der Waals surface area contributed by atoms with Gasteiger partial charge in [-0.05, 0) is 37.6 Å². The molecule has 1 aromatic carbocycles. The molecule has 0 fully saturated rings. The van der Waals surface area contributed by atoms with Gasteiger partial charge >= 0.3 is 5.97 Å². The molecule has 18 heavy (non-hydrogen) atoms. The van der Waals surface area contributed by atoms with Gasteiger partial charge in [-0.25, -0.2) is 4.79 Å². The summed E-state index contributed by atoms with van der Waals surface area (Å²) in [5.41, 5.74) is 0.175. The van der Waals surface area contributed by atoms with Gasteiger partial charge in [-0.1, -0.05) is 41.9 Å². The summed E-state index contributed by atoms with van der Waals surface area (Å²) in [6.45, 7) is 6.90. The highest BCUT2D eigenvalue weighted by Crippen LogP contribution is 2.28. The molecule has 1 rings (SSSR count). The van der Waals surface area contributed by atoms with Crippen LogP contribution in [0.15, 0.2) is 28.7 Å². The first kappa shape index (κ1) is 15.2. The number of halogens is 1. The Hall–Kier alpha value is -0.870. The predicted molar refractivity (Wildman–Crippen MR) is 76.4 cm³/mol. The lowest BCUT2D eigenvalue weighted by Crippen LogP contribution is -2.49. The van der Waals surface area contributed by atoms with E-state index in [0.29, 0.717) is 19.6 Å². The Labute approximate surface area is 117 Å². The summed E-state index contributed by atoms with van der Waals surface area (Å²) in [7, 11) is 0. The van der Waals surface area contributed by atoms with Gasteiger partial charge in [0.1, 0.15) is 5.54 Å². The fourth-order valence-corrected chi connectivity index (χ4v) is 2.47. The van der Waals surface area contributed by atoms with Crippen molar-refractivity contribution >= 4 is 21.9 Å². The maximum atomic E-state index is 12.3. The monoisotopic (exact) mass is 313 g/mol. The zero-order valence-electron chi connectivity index (χ0n) is 11.1. The molecule has 1 atom stereocenters. The third kappa shape index (κ3) is 3.12. The van der Waals surface area contributed by atoms with Crippen LogP contribution in [-0.2, 0) is 15.1 Å². The van der Waals surface area contributed by atoms with Crippen molar-refractivity contribution < 1.29 is 9.53 Å². The fourth-order valence-electron chi connectivity index (χ4n) is 2.08. The number of likely N-dealkylation sites (N-methyl/N-ethyl adjacent to an activating group) is 1. The third-order valence-corrected chi connectivity index (χ3v) is 3.44. The lowest BCUT2D eigenvalue weighted by Gasteiger charge is -2.31. The summed E-state index contributed by atoms with van der Waals surface area (Å²) < 4.78 is 6.19. The molecule has 0 spiro atoms. The third-order valence-electron chi connectivity index (χ3n) is 2.95. The van der Waals surface area contributed by atoms with Crippen LogP contribution < -0.4 is 5.32 Å². The molecular formula is C14H20BrNO2. The lowest BCUT2D eigenvalue weighted by molar-refractivity contribution is -0.152. The maximum Gasteiger partial charge on any atom is 0.330 e. The number of esters is 1. The summed E-state index contributed by atoms with van der Waals surface area (Å²) in [5, 5.41) is 3.28. The topological polar surface area (TPSA) is 38.3 Å². The Morgan fingerprint density at radius 1 is 1.39 bits per heavy atom. The van der Waals surface area contributed by atoms with Gasteiger partial charge < -0.3 is 4.74 Å². The van der Waals surface area contributed by atoms with Crippen LogP contribution in [0.4, 0.5) is 0 Å². The van der Waals surface area contributed by atoms with Crippen molar-refractivity contribution in [1.29, 1.82) is 0 Å². The van der Waals surface area contributed by atoms with Gasteiger partial charge in [-0.2, -0.15) is 0 Å². The number of hydrogen-bond acceptors (Lipinski definition) is 3. The predicted octanol–water partition coefficient (Wildman–Crippen LogP) is 3.23. The van der Waals surface area contributed by atoms with Crippen LogP contribution in [0.25, 0.3) is 0 Å². The van der Waals surface area contributed by atoms with Crippen molar-refractivity contribution in [2.24, 2.45) is 0 Å². The Bertz CT molecular complexity index is 409. The van der Waals surface area contributed by atoms with E-state index < -0.39 is 5.54 Å². The summed E-state index contributed by atoms with van der Waals surface area (Å²) in [4.78, 5) is 12.3. The van der Waals surface area contributed by atoms with Gasteiger partial charge in [0, 0.05) is 4.47 Å². The molecule has 4 heteroatoms. The summed E-state index contributed by atoms with van der Waals surface area (Å²) >= 11 is 3.44. The summed E-state index contributed by atoms with van der Waals surface area (Å²) in [6.07, 6.45) is 0.649. The first-order valence-corrected chi connectivity index (χ1v) is 7.08. The Morgan fingerprint density at radius 2 is 2.11 bits per heavy atom. The van der Waals surface area contributed by atoms with Crippen LogP contribution in [0.1, 0.15) is 32.8 Å². The van der Waals surface area contributed by atoms with Crippen LogP contribution in [0.2, 0.25) is 0 Å². The van der Waals surface area contributed by atoms with Crippen molar-refractivity contribution in [1.82, 2.24) is 5.32 Å². The normalized spacial score (nSPS) is 14.0.